The fourth-order valence-corrected chi connectivity index (χ4v) is 3.75. The first kappa shape index (κ1) is 22.7. The van der Waals surface area contributed by atoms with Crippen LogP contribution in [0.5, 0.6) is 0 Å². The van der Waals surface area contributed by atoms with E-state index in [1.807, 2.05) is 67.6 Å². The second kappa shape index (κ2) is 9.95. The summed E-state index contributed by atoms with van der Waals surface area (Å²) < 4.78 is 1.30. The fourth-order valence-electron chi connectivity index (χ4n) is 3.75. The molecule has 170 valence electrons. The van der Waals surface area contributed by atoms with E-state index in [1.54, 1.807) is 24.3 Å². The predicted octanol–water partition coefficient (Wildman–Crippen LogP) is 4.81. The number of nitrogens with zero attached hydrogens (tertiary/aromatic N) is 2. The lowest BCUT2D eigenvalue weighted by atomic mass is 9.95. The highest BCUT2D eigenvalue weighted by Gasteiger charge is 2.25. The molecular formula is C27H24N4O3. The second-order valence-corrected chi connectivity index (χ2v) is 7.67. The van der Waals surface area contributed by atoms with Crippen LogP contribution < -0.4 is 16.2 Å². The lowest BCUT2D eigenvalue weighted by Gasteiger charge is -2.17. The first-order valence-corrected chi connectivity index (χ1v) is 10.9. The molecule has 4 aromatic rings. The molecule has 0 atom stereocenters. The Hall–Kier alpha value is -4.52. The maximum atomic E-state index is 13.6. The molecule has 3 aromatic carbocycles. The number of carbonyl (C=O) groups is 2. The molecule has 0 saturated carbocycles. The van der Waals surface area contributed by atoms with E-state index in [-0.39, 0.29) is 11.5 Å². The quantitative estimate of drug-likeness (QED) is 0.439. The Morgan fingerprint density at radius 2 is 1.41 bits per heavy atom. The van der Waals surface area contributed by atoms with Crippen LogP contribution in [0.1, 0.15) is 24.2 Å². The Balaban J connectivity index is 1.90. The summed E-state index contributed by atoms with van der Waals surface area (Å²) in [6.07, 6.45) is 0. The molecular weight excluding hydrogens is 428 g/mol. The van der Waals surface area contributed by atoms with Crippen LogP contribution in [-0.4, -0.2) is 21.6 Å². The van der Waals surface area contributed by atoms with Crippen LogP contribution in [0.25, 0.3) is 22.4 Å². The van der Waals surface area contributed by atoms with E-state index in [9.17, 15) is 14.4 Å². The molecule has 0 bridgehead atoms. The molecule has 7 heteroatoms. The third kappa shape index (κ3) is 4.78. The molecule has 7 nitrogen and oxygen atoms in total. The summed E-state index contributed by atoms with van der Waals surface area (Å²) in [6, 6.07) is 25.5. The third-order valence-corrected chi connectivity index (χ3v) is 5.23. The van der Waals surface area contributed by atoms with E-state index >= 15 is 0 Å². The van der Waals surface area contributed by atoms with Gasteiger partial charge in [0.2, 0.25) is 5.91 Å². The van der Waals surface area contributed by atoms with Gasteiger partial charge in [0, 0.05) is 36.0 Å². The van der Waals surface area contributed by atoms with Gasteiger partial charge in [-0.1, -0.05) is 66.7 Å². The standard InChI is InChI=1S/C27H24N4O3/c1-3-31-27(34)24(26(33)29-22-16-10-15-21(17-22)28-18(2)32)23(19-11-6-4-7-12-19)25(30-31)20-13-8-5-9-14-20/h4-17H,3H2,1-2H3,(H,28,32)(H,29,33). The molecule has 0 aliphatic carbocycles. The smallest absolute Gasteiger partial charge is 0.280 e. The summed E-state index contributed by atoms with van der Waals surface area (Å²) in [5, 5.41) is 10.1. The molecule has 0 unspecified atom stereocenters. The van der Waals surface area contributed by atoms with Crippen LogP contribution in [0.3, 0.4) is 0 Å². The van der Waals surface area contributed by atoms with Gasteiger partial charge in [0.15, 0.2) is 0 Å². The average molecular weight is 453 g/mol. The Kier molecular flexibility index (Phi) is 6.64. The van der Waals surface area contributed by atoms with Crippen molar-refractivity contribution in [2.75, 3.05) is 10.6 Å². The molecule has 2 N–H and O–H groups in total. The maximum Gasteiger partial charge on any atom is 0.280 e. The van der Waals surface area contributed by atoms with Crippen LogP contribution in [0.15, 0.2) is 89.7 Å². The SMILES string of the molecule is CCn1nc(-c2ccccc2)c(-c2ccccc2)c(C(=O)Nc2cccc(NC(C)=O)c2)c1=O. The van der Waals surface area contributed by atoms with Crippen molar-refractivity contribution in [3.05, 3.63) is 101 Å². The van der Waals surface area contributed by atoms with Crippen molar-refractivity contribution in [2.45, 2.75) is 20.4 Å². The Bertz CT molecular complexity index is 1400. The van der Waals surface area contributed by atoms with Crippen molar-refractivity contribution in [3.63, 3.8) is 0 Å². The highest BCUT2D eigenvalue weighted by molar-refractivity contribution is 6.10. The van der Waals surface area contributed by atoms with Crippen molar-refractivity contribution in [1.29, 1.82) is 0 Å². The molecule has 0 aliphatic heterocycles. The number of hydrogen-bond acceptors (Lipinski definition) is 4. The molecule has 0 radical (unpaired) electrons. The molecule has 4 rings (SSSR count). The van der Waals surface area contributed by atoms with Crippen molar-refractivity contribution in [2.24, 2.45) is 0 Å². The van der Waals surface area contributed by atoms with E-state index in [1.165, 1.54) is 11.6 Å². The lowest BCUT2D eigenvalue weighted by Crippen LogP contribution is -2.32. The van der Waals surface area contributed by atoms with Gasteiger partial charge in [-0.25, -0.2) is 4.68 Å². The minimum absolute atomic E-state index is 0.00633. The zero-order valence-electron chi connectivity index (χ0n) is 18.9. The molecule has 0 saturated heterocycles. The number of nitrogens with one attached hydrogen (secondary N) is 2. The van der Waals surface area contributed by atoms with Gasteiger partial charge in [-0.05, 0) is 30.7 Å². The first-order chi connectivity index (χ1) is 16.5. The van der Waals surface area contributed by atoms with Gasteiger partial charge in [0.25, 0.3) is 11.5 Å². The summed E-state index contributed by atoms with van der Waals surface area (Å²) >= 11 is 0. The minimum Gasteiger partial charge on any atom is -0.326 e. The van der Waals surface area contributed by atoms with Crippen molar-refractivity contribution in [3.8, 4) is 22.4 Å². The van der Waals surface area contributed by atoms with Gasteiger partial charge < -0.3 is 10.6 Å². The summed E-state index contributed by atoms with van der Waals surface area (Å²) in [7, 11) is 0. The number of anilines is 2. The van der Waals surface area contributed by atoms with Gasteiger partial charge in [-0.3, -0.25) is 14.4 Å². The van der Waals surface area contributed by atoms with Gasteiger partial charge in [0.05, 0.1) is 5.69 Å². The van der Waals surface area contributed by atoms with Crippen molar-refractivity contribution in [1.82, 2.24) is 9.78 Å². The Labute approximate surface area is 197 Å². The van der Waals surface area contributed by atoms with Gasteiger partial charge in [0.1, 0.15) is 5.56 Å². The van der Waals surface area contributed by atoms with Crippen molar-refractivity contribution < 1.29 is 9.59 Å². The number of carbonyl (C=O) groups excluding carboxylic acids is 2. The molecule has 0 fully saturated rings. The largest absolute Gasteiger partial charge is 0.326 e. The Morgan fingerprint density at radius 3 is 2.00 bits per heavy atom. The van der Waals surface area contributed by atoms with Crippen LogP contribution in [-0.2, 0) is 11.3 Å². The first-order valence-electron chi connectivity index (χ1n) is 10.9. The van der Waals surface area contributed by atoms with Crippen LogP contribution in [0.4, 0.5) is 11.4 Å². The highest BCUT2D eigenvalue weighted by Crippen LogP contribution is 2.32. The number of amides is 2. The topological polar surface area (TPSA) is 93.1 Å². The number of hydrogen-bond donors (Lipinski definition) is 2. The molecule has 34 heavy (non-hydrogen) atoms. The molecule has 1 heterocycles. The number of benzene rings is 3. The van der Waals surface area contributed by atoms with Crippen LogP contribution in [0, 0.1) is 0 Å². The van der Waals surface area contributed by atoms with E-state index in [4.69, 9.17) is 0 Å². The van der Waals surface area contributed by atoms with E-state index in [2.05, 4.69) is 15.7 Å². The zero-order chi connectivity index (χ0) is 24.1. The molecule has 1 aromatic heterocycles. The van der Waals surface area contributed by atoms with E-state index < -0.39 is 11.5 Å². The van der Waals surface area contributed by atoms with E-state index in [0.717, 1.165) is 5.56 Å². The highest BCUT2D eigenvalue weighted by atomic mass is 16.2. The lowest BCUT2D eigenvalue weighted by molar-refractivity contribution is -0.114. The molecule has 0 aliphatic rings. The average Bonchev–Trinajstić information content (AvgIpc) is 2.84. The minimum atomic E-state index is -0.550. The van der Waals surface area contributed by atoms with Gasteiger partial charge in [-0.15, -0.1) is 0 Å². The fraction of sp³-hybridized carbons (Fsp3) is 0.111. The zero-order valence-corrected chi connectivity index (χ0v) is 18.9. The summed E-state index contributed by atoms with van der Waals surface area (Å²) in [6.45, 7) is 3.53. The third-order valence-electron chi connectivity index (χ3n) is 5.23. The van der Waals surface area contributed by atoms with Gasteiger partial charge >= 0.3 is 0 Å². The molecule has 2 amide bonds. The number of aryl methyl sites for hydroxylation is 1. The number of aromatic nitrogens is 2. The monoisotopic (exact) mass is 452 g/mol. The molecule has 0 spiro atoms. The summed E-state index contributed by atoms with van der Waals surface area (Å²) in [4.78, 5) is 38.4. The van der Waals surface area contributed by atoms with Crippen LogP contribution in [0.2, 0.25) is 0 Å². The maximum absolute atomic E-state index is 13.6. The summed E-state index contributed by atoms with van der Waals surface area (Å²) in [5.41, 5.74) is 3.05. The summed E-state index contributed by atoms with van der Waals surface area (Å²) in [5.74, 6) is -0.770. The number of rotatable bonds is 6. The Morgan fingerprint density at radius 1 is 0.824 bits per heavy atom. The predicted molar refractivity (Wildman–Crippen MR) is 134 cm³/mol. The normalized spacial score (nSPS) is 10.5. The van der Waals surface area contributed by atoms with Crippen LogP contribution >= 0.6 is 0 Å². The van der Waals surface area contributed by atoms with Gasteiger partial charge in [-0.2, -0.15) is 5.10 Å². The van der Waals surface area contributed by atoms with E-state index in [0.29, 0.717) is 34.7 Å². The second-order valence-electron chi connectivity index (χ2n) is 7.67. The van der Waals surface area contributed by atoms with Crippen molar-refractivity contribution >= 4 is 23.2 Å².